The van der Waals surface area contributed by atoms with Gasteiger partial charge in [0.2, 0.25) is 5.71 Å². The standard InChI is InChI=1S/C37H51Cl2N2/c1-7-11-21-40(22-12-8-2)35-19-15-30(25-28(35)5)37(33-18-17-32(38)27-34(33)39)31-16-20-36(29(6)26-31)41(23-13-9-3)24-14-10-4/h15-20,25-27H,7-14,21-24H2,1-6H3/q+1. The molecule has 0 unspecified atom stereocenters. The van der Waals surface area contributed by atoms with Crippen LogP contribution < -0.4 is 4.90 Å². The van der Waals surface area contributed by atoms with E-state index in [0.717, 1.165) is 37.3 Å². The number of anilines is 1. The molecule has 0 amide bonds. The van der Waals surface area contributed by atoms with Crippen LogP contribution in [0.5, 0.6) is 0 Å². The summed E-state index contributed by atoms with van der Waals surface area (Å²) in [5, 5.41) is 1.33. The molecule has 3 rings (SSSR count). The number of hydrogen-bond acceptors (Lipinski definition) is 1. The summed E-state index contributed by atoms with van der Waals surface area (Å²) in [6, 6.07) is 12.8. The lowest BCUT2D eigenvalue weighted by Gasteiger charge is -2.27. The van der Waals surface area contributed by atoms with Crippen molar-refractivity contribution in [3.05, 3.63) is 92.5 Å². The molecule has 0 aliphatic heterocycles. The predicted molar refractivity (Wildman–Crippen MR) is 183 cm³/mol. The highest BCUT2D eigenvalue weighted by Gasteiger charge is 2.21. The molecule has 41 heavy (non-hydrogen) atoms. The maximum absolute atomic E-state index is 6.87. The lowest BCUT2D eigenvalue weighted by atomic mass is 9.88. The molecule has 0 spiro atoms. The van der Waals surface area contributed by atoms with Crippen LogP contribution >= 0.6 is 23.2 Å². The fraction of sp³-hybridized carbons (Fsp3) is 0.486. The minimum atomic E-state index is 0.654. The third-order valence-corrected chi connectivity index (χ3v) is 8.53. The summed E-state index contributed by atoms with van der Waals surface area (Å²) in [5.74, 6) is 0. The van der Waals surface area contributed by atoms with Crippen molar-refractivity contribution in [3.8, 4) is 0 Å². The smallest absolute Gasteiger partial charge is 0.202 e. The first kappa shape index (κ1) is 33.2. The van der Waals surface area contributed by atoms with Gasteiger partial charge in [-0.1, -0.05) is 88.7 Å². The Bertz CT molecular complexity index is 1260. The second-order valence-electron chi connectivity index (χ2n) is 11.4. The van der Waals surface area contributed by atoms with Gasteiger partial charge in [0.15, 0.2) is 0 Å². The van der Waals surface area contributed by atoms with E-state index < -0.39 is 0 Å². The van der Waals surface area contributed by atoms with Crippen molar-refractivity contribution in [2.75, 3.05) is 31.1 Å². The maximum Gasteiger partial charge on any atom is 0.202 e. The van der Waals surface area contributed by atoms with E-state index in [2.05, 4.69) is 93.5 Å². The first-order chi connectivity index (χ1) is 19.8. The largest absolute Gasteiger partial charge is 0.371 e. The van der Waals surface area contributed by atoms with Gasteiger partial charge in [-0.25, -0.2) is 4.58 Å². The van der Waals surface area contributed by atoms with Crippen molar-refractivity contribution in [1.82, 2.24) is 0 Å². The zero-order valence-electron chi connectivity index (χ0n) is 26.3. The van der Waals surface area contributed by atoms with E-state index in [1.807, 2.05) is 12.1 Å². The van der Waals surface area contributed by atoms with Crippen LogP contribution in [0.25, 0.3) is 5.57 Å². The Kier molecular flexibility index (Phi) is 13.8. The molecule has 2 aromatic rings. The van der Waals surface area contributed by atoms with E-state index in [1.54, 1.807) is 0 Å². The molecule has 0 N–H and O–H groups in total. The topological polar surface area (TPSA) is 6.25 Å². The van der Waals surface area contributed by atoms with Gasteiger partial charge in [0.25, 0.3) is 0 Å². The van der Waals surface area contributed by atoms with Crippen LogP contribution in [0.4, 0.5) is 5.69 Å². The molecule has 0 saturated carbocycles. The Morgan fingerprint density at radius 3 is 1.93 bits per heavy atom. The van der Waals surface area contributed by atoms with Gasteiger partial charge in [-0.15, -0.1) is 0 Å². The third-order valence-electron chi connectivity index (χ3n) is 7.98. The van der Waals surface area contributed by atoms with Crippen LogP contribution in [0, 0.1) is 6.92 Å². The van der Waals surface area contributed by atoms with Gasteiger partial charge in [0, 0.05) is 58.9 Å². The summed E-state index contributed by atoms with van der Waals surface area (Å²) < 4.78 is 2.57. The molecule has 0 saturated heterocycles. The van der Waals surface area contributed by atoms with Gasteiger partial charge in [-0.05, 0) is 85.4 Å². The molecule has 222 valence electrons. The molecule has 2 nitrogen and oxygen atoms in total. The van der Waals surface area contributed by atoms with Crippen LogP contribution in [-0.4, -0.2) is 36.5 Å². The highest BCUT2D eigenvalue weighted by Crippen LogP contribution is 2.37. The molecule has 0 atom stereocenters. The molecular formula is C37H51Cl2N2+. The Balaban J connectivity index is 2.15. The Labute approximate surface area is 260 Å². The summed E-state index contributed by atoms with van der Waals surface area (Å²) >= 11 is 13.2. The molecule has 0 aromatic heterocycles. The molecule has 1 aliphatic carbocycles. The molecule has 1 aliphatic rings. The van der Waals surface area contributed by atoms with E-state index in [0.29, 0.717) is 10.0 Å². The zero-order chi connectivity index (χ0) is 29.8. The van der Waals surface area contributed by atoms with Crippen molar-refractivity contribution < 1.29 is 4.58 Å². The number of benzene rings is 2. The SMILES string of the molecule is CCCCN(CCCC)c1ccc(C(=C2C=CC(=[N+](CCCC)CCCC)C(C)=C2)c2ccc(Cl)cc2Cl)cc1C. The average Bonchev–Trinajstić information content (AvgIpc) is 2.95. The normalized spacial score (nSPS) is 14.3. The van der Waals surface area contributed by atoms with Crippen LogP contribution in [0.15, 0.2) is 65.8 Å². The lowest BCUT2D eigenvalue weighted by Crippen LogP contribution is -2.26. The van der Waals surface area contributed by atoms with Gasteiger partial charge >= 0.3 is 0 Å². The number of hydrogen-bond donors (Lipinski definition) is 0. The summed E-state index contributed by atoms with van der Waals surface area (Å²) in [7, 11) is 0. The highest BCUT2D eigenvalue weighted by molar-refractivity contribution is 6.36. The number of allylic oxidation sites excluding steroid dienone is 5. The number of unbranched alkanes of at least 4 members (excludes halogenated alkanes) is 4. The first-order valence-corrected chi connectivity index (χ1v) is 16.6. The highest BCUT2D eigenvalue weighted by atomic mass is 35.5. The maximum atomic E-state index is 6.87. The van der Waals surface area contributed by atoms with Gasteiger partial charge in [-0.2, -0.15) is 0 Å². The fourth-order valence-corrected chi connectivity index (χ4v) is 6.11. The summed E-state index contributed by atoms with van der Waals surface area (Å²) in [5.41, 5.74) is 9.81. The first-order valence-electron chi connectivity index (χ1n) is 15.9. The summed E-state index contributed by atoms with van der Waals surface area (Å²) in [6.07, 6.45) is 16.6. The molecule has 4 heteroatoms. The molecule has 0 heterocycles. The average molecular weight is 595 g/mol. The Morgan fingerprint density at radius 2 is 1.39 bits per heavy atom. The Hall–Kier alpha value is -2.29. The third kappa shape index (κ3) is 9.10. The molecular weight excluding hydrogens is 543 g/mol. The van der Waals surface area contributed by atoms with Gasteiger partial charge < -0.3 is 4.90 Å². The predicted octanol–water partition coefficient (Wildman–Crippen LogP) is 11.1. The van der Waals surface area contributed by atoms with E-state index >= 15 is 0 Å². The van der Waals surface area contributed by atoms with Crippen LogP contribution in [0.1, 0.15) is 103 Å². The van der Waals surface area contributed by atoms with Gasteiger partial charge in [0.1, 0.15) is 13.1 Å². The number of rotatable bonds is 15. The molecule has 0 radical (unpaired) electrons. The van der Waals surface area contributed by atoms with Crippen LogP contribution in [-0.2, 0) is 0 Å². The van der Waals surface area contributed by atoms with Gasteiger partial charge in [0.05, 0.1) is 0 Å². The van der Waals surface area contributed by atoms with Crippen LogP contribution in [0.3, 0.4) is 0 Å². The van der Waals surface area contributed by atoms with E-state index in [-0.39, 0.29) is 0 Å². The molecule has 0 bridgehead atoms. The van der Waals surface area contributed by atoms with Crippen molar-refractivity contribution >= 4 is 40.2 Å². The second-order valence-corrected chi connectivity index (χ2v) is 12.2. The lowest BCUT2D eigenvalue weighted by molar-refractivity contribution is -0.527. The van der Waals surface area contributed by atoms with Crippen molar-refractivity contribution in [1.29, 1.82) is 0 Å². The minimum absolute atomic E-state index is 0.654. The monoisotopic (exact) mass is 593 g/mol. The summed E-state index contributed by atoms with van der Waals surface area (Å²) in [4.78, 5) is 2.57. The van der Waals surface area contributed by atoms with E-state index in [9.17, 15) is 0 Å². The molecule has 2 aromatic carbocycles. The van der Waals surface area contributed by atoms with E-state index in [1.165, 1.54) is 85.0 Å². The molecule has 0 fully saturated rings. The zero-order valence-corrected chi connectivity index (χ0v) is 27.8. The quantitative estimate of drug-likeness (QED) is 0.186. The van der Waals surface area contributed by atoms with Crippen molar-refractivity contribution in [2.45, 2.75) is 92.9 Å². The second kappa shape index (κ2) is 17.0. The number of nitrogens with zero attached hydrogens (tertiary/aromatic N) is 2. The van der Waals surface area contributed by atoms with Crippen molar-refractivity contribution in [3.63, 3.8) is 0 Å². The van der Waals surface area contributed by atoms with Crippen LogP contribution in [0.2, 0.25) is 10.0 Å². The Morgan fingerprint density at radius 1 is 0.756 bits per heavy atom. The number of aryl methyl sites for hydroxylation is 1. The van der Waals surface area contributed by atoms with Gasteiger partial charge in [-0.3, -0.25) is 0 Å². The van der Waals surface area contributed by atoms with E-state index in [4.69, 9.17) is 23.2 Å². The minimum Gasteiger partial charge on any atom is -0.371 e. The van der Waals surface area contributed by atoms with Crippen molar-refractivity contribution in [2.24, 2.45) is 0 Å². The fourth-order valence-electron chi connectivity index (χ4n) is 5.60. The summed E-state index contributed by atoms with van der Waals surface area (Å²) in [6.45, 7) is 18.0. The number of halogens is 2.